The first kappa shape index (κ1) is 15.5. The zero-order valence-corrected chi connectivity index (χ0v) is 15.0. The fraction of sp³-hybridized carbons (Fsp3) is 0.421. The maximum atomic E-state index is 4.69. The number of nitrogens with one attached hydrogen (secondary N) is 1. The van der Waals surface area contributed by atoms with Gasteiger partial charge in [0.15, 0.2) is 5.82 Å². The smallest absolute Gasteiger partial charge is 0.158 e. The minimum absolute atomic E-state index is 0.491. The highest BCUT2D eigenvalue weighted by Crippen LogP contribution is 2.39. The average molecular weight is 338 g/mol. The van der Waals surface area contributed by atoms with Gasteiger partial charge in [0.1, 0.15) is 11.2 Å². The Bertz CT molecular complexity index is 875. The first-order chi connectivity index (χ1) is 11.6. The summed E-state index contributed by atoms with van der Waals surface area (Å²) in [6.07, 6.45) is 9.45. The molecule has 0 bridgehead atoms. The van der Waals surface area contributed by atoms with Gasteiger partial charge in [-0.1, -0.05) is 18.2 Å². The molecule has 0 radical (unpaired) electrons. The standard InChI is InChI=1S/C19H22N4S/c1-11(2)13-8-7-12(3)15(9-13)22-23-18-17-14-5-4-6-16(14)24-19(17)21-10-20-18/h7,10,13H,1,4-6,8-9H2,2-3H3,(H,20,21,23)/b22-15-/t13-/m0/s1. The highest BCUT2D eigenvalue weighted by atomic mass is 32.1. The summed E-state index contributed by atoms with van der Waals surface area (Å²) in [5, 5.41) is 5.87. The molecular weight excluding hydrogens is 316 g/mol. The van der Waals surface area contributed by atoms with E-state index in [-0.39, 0.29) is 0 Å². The molecule has 0 saturated heterocycles. The molecule has 0 unspecified atom stereocenters. The number of aryl methyl sites for hydroxylation is 2. The Morgan fingerprint density at radius 1 is 1.38 bits per heavy atom. The Hall–Kier alpha value is -2.01. The fourth-order valence-corrected chi connectivity index (χ4v) is 4.79. The van der Waals surface area contributed by atoms with Crippen molar-refractivity contribution in [2.75, 3.05) is 5.43 Å². The van der Waals surface area contributed by atoms with Crippen molar-refractivity contribution in [3.05, 3.63) is 40.6 Å². The number of anilines is 1. The van der Waals surface area contributed by atoms with Crippen LogP contribution in [0, 0.1) is 5.92 Å². The van der Waals surface area contributed by atoms with E-state index in [4.69, 9.17) is 5.10 Å². The predicted octanol–water partition coefficient (Wildman–Crippen LogP) is 4.88. The van der Waals surface area contributed by atoms with Crippen LogP contribution in [0.15, 0.2) is 35.2 Å². The summed E-state index contributed by atoms with van der Waals surface area (Å²) in [5.74, 6) is 1.34. The zero-order valence-electron chi connectivity index (χ0n) is 14.2. The number of rotatable bonds is 3. The van der Waals surface area contributed by atoms with Crippen LogP contribution in [0.25, 0.3) is 10.2 Å². The Morgan fingerprint density at radius 3 is 3.08 bits per heavy atom. The van der Waals surface area contributed by atoms with Crippen LogP contribution in [0.4, 0.5) is 5.82 Å². The van der Waals surface area contributed by atoms with Crippen molar-refractivity contribution in [2.24, 2.45) is 11.0 Å². The number of hydrogen-bond donors (Lipinski definition) is 1. The van der Waals surface area contributed by atoms with Gasteiger partial charge in [-0.05, 0) is 63.0 Å². The molecule has 1 N–H and O–H groups in total. The van der Waals surface area contributed by atoms with Crippen molar-refractivity contribution in [1.29, 1.82) is 0 Å². The van der Waals surface area contributed by atoms with E-state index in [9.17, 15) is 0 Å². The normalized spacial score (nSPS) is 21.8. The first-order valence-electron chi connectivity index (χ1n) is 8.54. The topological polar surface area (TPSA) is 50.2 Å². The van der Waals surface area contributed by atoms with Gasteiger partial charge < -0.3 is 0 Å². The van der Waals surface area contributed by atoms with E-state index in [1.165, 1.54) is 39.8 Å². The minimum Gasteiger partial charge on any atom is -0.260 e. The van der Waals surface area contributed by atoms with Crippen LogP contribution in [0.3, 0.4) is 0 Å². The van der Waals surface area contributed by atoms with Crippen molar-refractivity contribution in [3.63, 3.8) is 0 Å². The SMILES string of the molecule is C=C(C)[C@H]1CC=C(C)/C(=N\Nc2ncnc3sc4c(c23)CCC4)C1. The largest absolute Gasteiger partial charge is 0.260 e. The number of nitrogens with zero attached hydrogens (tertiary/aromatic N) is 3. The molecule has 2 heterocycles. The summed E-state index contributed by atoms with van der Waals surface area (Å²) in [6.45, 7) is 8.34. The molecule has 2 aromatic rings. The maximum absolute atomic E-state index is 4.69. The Labute approximate surface area is 146 Å². The van der Waals surface area contributed by atoms with Crippen LogP contribution in [-0.2, 0) is 12.8 Å². The molecule has 0 aromatic carbocycles. The first-order valence-corrected chi connectivity index (χ1v) is 9.35. The molecule has 0 aliphatic heterocycles. The van der Waals surface area contributed by atoms with Crippen molar-refractivity contribution in [1.82, 2.24) is 9.97 Å². The lowest BCUT2D eigenvalue weighted by atomic mass is 9.85. The molecule has 4 nitrogen and oxygen atoms in total. The third-order valence-electron chi connectivity index (χ3n) is 5.10. The van der Waals surface area contributed by atoms with Gasteiger partial charge in [-0.2, -0.15) is 5.10 Å². The van der Waals surface area contributed by atoms with Gasteiger partial charge in [0, 0.05) is 4.88 Å². The number of aromatic nitrogens is 2. The Balaban J connectivity index is 1.66. The summed E-state index contributed by atoms with van der Waals surface area (Å²) in [4.78, 5) is 11.5. The van der Waals surface area contributed by atoms with Crippen LogP contribution in [-0.4, -0.2) is 15.7 Å². The van der Waals surface area contributed by atoms with Gasteiger partial charge >= 0.3 is 0 Å². The molecule has 0 amide bonds. The molecule has 24 heavy (non-hydrogen) atoms. The van der Waals surface area contributed by atoms with E-state index < -0.39 is 0 Å². The van der Waals surface area contributed by atoms with Crippen LogP contribution in [0.1, 0.15) is 43.6 Å². The van der Waals surface area contributed by atoms with Crippen molar-refractivity contribution < 1.29 is 0 Å². The lowest BCUT2D eigenvalue weighted by Gasteiger charge is -2.22. The highest BCUT2D eigenvalue weighted by Gasteiger charge is 2.22. The molecule has 0 saturated carbocycles. The monoisotopic (exact) mass is 338 g/mol. The molecule has 2 aromatic heterocycles. The molecule has 1 atom stereocenters. The number of thiophene rings is 1. The van der Waals surface area contributed by atoms with Gasteiger partial charge in [0.25, 0.3) is 0 Å². The molecule has 124 valence electrons. The van der Waals surface area contributed by atoms with Crippen LogP contribution in [0.5, 0.6) is 0 Å². The van der Waals surface area contributed by atoms with Gasteiger partial charge in [0.2, 0.25) is 0 Å². The number of allylic oxidation sites excluding steroid dienone is 3. The van der Waals surface area contributed by atoms with Gasteiger partial charge in [0.05, 0.1) is 11.1 Å². The van der Waals surface area contributed by atoms with E-state index in [0.717, 1.165) is 35.6 Å². The number of hydrazone groups is 1. The molecule has 2 aliphatic carbocycles. The predicted molar refractivity (Wildman–Crippen MR) is 102 cm³/mol. The molecule has 4 rings (SSSR count). The summed E-state index contributed by atoms with van der Waals surface area (Å²) >= 11 is 1.80. The fourth-order valence-electron chi connectivity index (χ4n) is 3.56. The lowest BCUT2D eigenvalue weighted by Crippen LogP contribution is -2.16. The second-order valence-electron chi connectivity index (χ2n) is 6.80. The summed E-state index contributed by atoms with van der Waals surface area (Å²) in [7, 11) is 0. The van der Waals surface area contributed by atoms with Gasteiger partial charge in [-0.25, -0.2) is 9.97 Å². The van der Waals surface area contributed by atoms with Crippen molar-refractivity contribution >= 4 is 33.1 Å². The number of hydrogen-bond acceptors (Lipinski definition) is 5. The van der Waals surface area contributed by atoms with Crippen LogP contribution >= 0.6 is 11.3 Å². The zero-order chi connectivity index (χ0) is 16.7. The Morgan fingerprint density at radius 2 is 2.25 bits per heavy atom. The molecule has 5 heteroatoms. The quantitative estimate of drug-likeness (QED) is 0.641. The van der Waals surface area contributed by atoms with Crippen molar-refractivity contribution in [3.8, 4) is 0 Å². The third-order valence-corrected chi connectivity index (χ3v) is 6.30. The van der Waals surface area contributed by atoms with E-state index >= 15 is 0 Å². The summed E-state index contributed by atoms with van der Waals surface area (Å²) in [6, 6.07) is 0. The minimum atomic E-state index is 0.491. The highest BCUT2D eigenvalue weighted by molar-refractivity contribution is 7.19. The number of fused-ring (bicyclic) bond motifs is 3. The maximum Gasteiger partial charge on any atom is 0.158 e. The van der Waals surface area contributed by atoms with E-state index in [0.29, 0.717) is 5.92 Å². The summed E-state index contributed by atoms with van der Waals surface area (Å²) < 4.78 is 0. The molecule has 2 aliphatic rings. The average Bonchev–Trinajstić information content (AvgIpc) is 3.14. The van der Waals surface area contributed by atoms with Gasteiger partial charge in [-0.15, -0.1) is 11.3 Å². The van der Waals surface area contributed by atoms with E-state index in [1.807, 2.05) is 0 Å². The molecule has 0 spiro atoms. The molecule has 0 fully saturated rings. The van der Waals surface area contributed by atoms with Gasteiger partial charge in [-0.3, -0.25) is 5.43 Å². The van der Waals surface area contributed by atoms with E-state index in [1.54, 1.807) is 17.7 Å². The van der Waals surface area contributed by atoms with E-state index in [2.05, 4.69) is 41.9 Å². The van der Waals surface area contributed by atoms with Crippen molar-refractivity contribution in [2.45, 2.75) is 46.0 Å². The summed E-state index contributed by atoms with van der Waals surface area (Å²) in [5.41, 5.74) is 8.24. The van der Waals surface area contributed by atoms with Crippen LogP contribution < -0.4 is 5.43 Å². The Kier molecular flexibility index (Phi) is 3.96. The third kappa shape index (κ3) is 2.67. The second-order valence-corrected chi connectivity index (χ2v) is 7.88. The van der Waals surface area contributed by atoms with Crippen LogP contribution in [0.2, 0.25) is 0 Å². The second kappa shape index (κ2) is 6.13. The lowest BCUT2D eigenvalue weighted by molar-refractivity contribution is 0.639. The molecular formula is C19H22N4S.